The number of hydrogen-bond donors (Lipinski definition) is 0. The second-order valence-corrected chi connectivity index (χ2v) is 0.707. The van der Waals surface area contributed by atoms with Crippen LogP contribution in [0, 0.1) is 0 Å². The van der Waals surface area contributed by atoms with Gasteiger partial charge in [-0.05, 0) is 0 Å². The van der Waals surface area contributed by atoms with Gasteiger partial charge in [0.05, 0.1) is 0 Å². The van der Waals surface area contributed by atoms with Gasteiger partial charge in [-0.25, -0.2) is 0 Å². The van der Waals surface area contributed by atoms with Crippen LogP contribution in [0.25, 0.3) is 0 Å². The molecule has 0 aromatic rings. The molecule has 0 aliphatic rings. The Labute approximate surface area is 59.2 Å². The Bertz CT molecular complexity index is 4.85. The SMILES string of the molecule is CCC.[Ru].[Ru]. The molecular weight excluding hydrogens is 238 g/mol. The fraction of sp³-hybridized carbons (Fsp3) is 1.00. The molecule has 0 nitrogen and oxygen atoms in total. The van der Waals surface area contributed by atoms with Crippen LogP contribution in [0.2, 0.25) is 0 Å². The van der Waals surface area contributed by atoms with Crippen molar-refractivity contribution in [2.45, 2.75) is 20.3 Å². The molecule has 5 heavy (non-hydrogen) atoms. The minimum Gasteiger partial charge on any atom is -0.0656 e. The molecule has 0 radical (unpaired) electrons. The van der Waals surface area contributed by atoms with Gasteiger partial charge in [0.1, 0.15) is 0 Å². The van der Waals surface area contributed by atoms with Gasteiger partial charge in [0.25, 0.3) is 0 Å². The Balaban J connectivity index is -0.0000000200. The van der Waals surface area contributed by atoms with Crippen LogP contribution in [-0.2, 0) is 39.0 Å². The van der Waals surface area contributed by atoms with Gasteiger partial charge in [-0.1, -0.05) is 20.3 Å². The molecule has 0 unspecified atom stereocenters. The molecule has 0 heterocycles. The van der Waals surface area contributed by atoms with Gasteiger partial charge in [0, 0.05) is 39.0 Å². The summed E-state index contributed by atoms with van der Waals surface area (Å²) in [6.07, 6.45) is 1.25. The van der Waals surface area contributed by atoms with Gasteiger partial charge < -0.3 is 0 Å². The zero-order valence-electron chi connectivity index (χ0n) is 3.41. The van der Waals surface area contributed by atoms with E-state index in [-0.39, 0.29) is 39.0 Å². The van der Waals surface area contributed by atoms with E-state index in [9.17, 15) is 0 Å². The summed E-state index contributed by atoms with van der Waals surface area (Å²) >= 11 is 0. The largest absolute Gasteiger partial charge is 0.0656 e. The summed E-state index contributed by atoms with van der Waals surface area (Å²) < 4.78 is 0. The second-order valence-electron chi connectivity index (χ2n) is 0.707. The van der Waals surface area contributed by atoms with Crippen molar-refractivity contribution in [1.29, 1.82) is 0 Å². The zero-order valence-corrected chi connectivity index (χ0v) is 6.89. The second kappa shape index (κ2) is 18.7. The molecule has 0 spiro atoms. The first kappa shape index (κ1) is 16.3. The Morgan fingerprint density at radius 1 is 1.00 bits per heavy atom. The van der Waals surface area contributed by atoms with Gasteiger partial charge in [-0.15, -0.1) is 0 Å². The van der Waals surface area contributed by atoms with E-state index in [1.54, 1.807) is 0 Å². The number of rotatable bonds is 0. The van der Waals surface area contributed by atoms with Crippen LogP contribution in [-0.4, -0.2) is 0 Å². The molecule has 0 fully saturated rings. The van der Waals surface area contributed by atoms with E-state index in [2.05, 4.69) is 13.8 Å². The summed E-state index contributed by atoms with van der Waals surface area (Å²) in [4.78, 5) is 0. The van der Waals surface area contributed by atoms with Crippen molar-refractivity contribution in [3.8, 4) is 0 Å². The van der Waals surface area contributed by atoms with Crippen molar-refractivity contribution in [2.75, 3.05) is 0 Å². The van der Waals surface area contributed by atoms with E-state index in [4.69, 9.17) is 0 Å². The van der Waals surface area contributed by atoms with Crippen molar-refractivity contribution in [1.82, 2.24) is 0 Å². The molecule has 0 aliphatic carbocycles. The normalized spacial score (nSPS) is 3.60. The maximum absolute atomic E-state index is 2.12. The predicted octanol–water partition coefficient (Wildman–Crippen LogP) is 1.41. The standard InChI is InChI=1S/C3H8.2Ru/c1-3-2;;/h3H2,1-2H3;;. The maximum atomic E-state index is 2.12. The fourth-order valence-electron chi connectivity index (χ4n) is 0. The van der Waals surface area contributed by atoms with Crippen molar-refractivity contribution in [3.63, 3.8) is 0 Å². The van der Waals surface area contributed by atoms with Crippen LogP contribution in [0.3, 0.4) is 0 Å². The molecule has 0 saturated heterocycles. The van der Waals surface area contributed by atoms with Crippen LogP contribution in [0.5, 0.6) is 0 Å². The first-order chi connectivity index (χ1) is 1.41. The van der Waals surface area contributed by atoms with Gasteiger partial charge in [0.15, 0.2) is 0 Å². The topological polar surface area (TPSA) is 0 Å². The first-order valence-electron chi connectivity index (χ1n) is 1.41. The van der Waals surface area contributed by atoms with Crippen LogP contribution in [0.4, 0.5) is 0 Å². The third-order valence-electron chi connectivity index (χ3n) is 0. The monoisotopic (exact) mass is 248 g/mol. The van der Waals surface area contributed by atoms with E-state index < -0.39 is 0 Å². The third kappa shape index (κ3) is 35.6. The van der Waals surface area contributed by atoms with Crippen LogP contribution in [0.15, 0.2) is 0 Å². The summed E-state index contributed by atoms with van der Waals surface area (Å²) in [5, 5.41) is 0. The van der Waals surface area contributed by atoms with Gasteiger partial charge >= 0.3 is 0 Å². The van der Waals surface area contributed by atoms with Crippen molar-refractivity contribution in [3.05, 3.63) is 0 Å². The first-order valence-corrected chi connectivity index (χ1v) is 1.41. The summed E-state index contributed by atoms with van der Waals surface area (Å²) in [7, 11) is 0. The Morgan fingerprint density at radius 2 is 1.00 bits per heavy atom. The summed E-state index contributed by atoms with van der Waals surface area (Å²) in [5.41, 5.74) is 0. The third-order valence-corrected chi connectivity index (χ3v) is 0. The van der Waals surface area contributed by atoms with Crippen molar-refractivity contribution in [2.24, 2.45) is 0 Å². The van der Waals surface area contributed by atoms with E-state index >= 15 is 0 Å². The average molecular weight is 246 g/mol. The Kier molecular flexibility index (Phi) is 61.2. The van der Waals surface area contributed by atoms with E-state index in [0.717, 1.165) is 0 Å². The van der Waals surface area contributed by atoms with Gasteiger partial charge in [-0.3, -0.25) is 0 Å². The summed E-state index contributed by atoms with van der Waals surface area (Å²) in [6, 6.07) is 0. The maximum Gasteiger partial charge on any atom is 0 e. The van der Waals surface area contributed by atoms with Gasteiger partial charge in [0.2, 0.25) is 0 Å². The summed E-state index contributed by atoms with van der Waals surface area (Å²) in [6.45, 7) is 4.25. The van der Waals surface area contributed by atoms with Crippen molar-refractivity contribution < 1.29 is 39.0 Å². The van der Waals surface area contributed by atoms with E-state index in [0.29, 0.717) is 0 Å². The molecule has 0 bridgehead atoms. The van der Waals surface area contributed by atoms with Crippen LogP contribution < -0.4 is 0 Å². The Hall–Kier alpha value is 1.25. The van der Waals surface area contributed by atoms with Crippen molar-refractivity contribution >= 4 is 0 Å². The smallest absolute Gasteiger partial charge is 0 e. The predicted molar refractivity (Wildman–Crippen MR) is 16.0 cm³/mol. The molecule has 36 valence electrons. The molecule has 2 heteroatoms. The zero-order chi connectivity index (χ0) is 2.71. The fourth-order valence-corrected chi connectivity index (χ4v) is 0. The molecule has 0 rings (SSSR count). The summed E-state index contributed by atoms with van der Waals surface area (Å²) in [5.74, 6) is 0. The molecule has 0 saturated carbocycles. The molecule has 0 aromatic heterocycles. The van der Waals surface area contributed by atoms with Crippen LogP contribution >= 0.6 is 0 Å². The van der Waals surface area contributed by atoms with Crippen LogP contribution in [0.1, 0.15) is 20.3 Å². The number of hydrogen-bond acceptors (Lipinski definition) is 0. The molecule has 0 aliphatic heterocycles. The molecule has 0 atom stereocenters. The van der Waals surface area contributed by atoms with E-state index in [1.807, 2.05) is 0 Å². The van der Waals surface area contributed by atoms with E-state index in [1.165, 1.54) is 6.42 Å². The molecule has 0 amide bonds. The molecule has 0 aromatic carbocycles. The minimum atomic E-state index is 0. The average Bonchev–Trinajstić information content (AvgIpc) is 0.918. The quantitative estimate of drug-likeness (QED) is 0.567. The Morgan fingerprint density at radius 3 is 1.00 bits per heavy atom. The molecular formula is C3H8Ru2. The molecule has 0 N–H and O–H groups in total. The van der Waals surface area contributed by atoms with Gasteiger partial charge in [-0.2, -0.15) is 0 Å². The minimum absolute atomic E-state index is 0.